The maximum Gasteiger partial charge on any atom is 0.220 e. The highest BCUT2D eigenvalue weighted by atomic mass is 32.2. The summed E-state index contributed by atoms with van der Waals surface area (Å²) in [6, 6.07) is 1.80. The van der Waals surface area contributed by atoms with E-state index in [9.17, 15) is 8.42 Å². The SMILES string of the molecule is CC(C)S(=O)(=O)N1CC[C@H](c2ccnc(N)n2)C1. The van der Waals surface area contributed by atoms with Gasteiger partial charge in [0, 0.05) is 25.2 Å². The number of nitrogens with zero attached hydrogens (tertiary/aromatic N) is 3. The summed E-state index contributed by atoms with van der Waals surface area (Å²) in [5.74, 6) is 0.349. The highest BCUT2D eigenvalue weighted by Gasteiger charge is 2.34. The van der Waals surface area contributed by atoms with E-state index in [0.29, 0.717) is 13.1 Å². The summed E-state index contributed by atoms with van der Waals surface area (Å²) in [6.07, 6.45) is 2.39. The lowest BCUT2D eigenvalue weighted by atomic mass is 10.1. The third-order valence-electron chi connectivity index (χ3n) is 3.22. The Morgan fingerprint density at radius 2 is 2.22 bits per heavy atom. The fourth-order valence-electron chi connectivity index (χ4n) is 2.11. The molecule has 1 fully saturated rings. The number of nitrogens with two attached hydrogens (primary N) is 1. The van der Waals surface area contributed by atoms with Gasteiger partial charge in [0.1, 0.15) is 0 Å². The quantitative estimate of drug-likeness (QED) is 0.868. The molecular weight excluding hydrogens is 252 g/mol. The number of sulfonamides is 1. The van der Waals surface area contributed by atoms with Crippen molar-refractivity contribution in [2.24, 2.45) is 0 Å². The normalized spacial score (nSPS) is 21.6. The van der Waals surface area contributed by atoms with Crippen molar-refractivity contribution < 1.29 is 8.42 Å². The second kappa shape index (κ2) is 4.81. The molecule has 6 nitrogen and oxygen atoms in total. The predicted octanol–water partition coefficient (Wildman–Crippen LogP) is 0.586. The molecule has 7 heteroatoms. The molecule has 100 valence electrons. The van der Waals surface area contributed by atoms with Crippen molar-refractivity contribution in [3.05, 3.63) is 18.0 Å². The van der Waals surface area contributed by atoms with Crippen LogP contribution in [0.5, 0.6) is 0 Å². The topological polar surface area (TPSA) is 89.2 Å². The van der Waals surface area contributed by atoms with E-state index < -0.39 is 10.0 Å². The van der Waals surface area contributed by atoms with Crippen molar-refractivity contribution in [3.63, 3.8) is 0 Å². The van der Waals surface area contributed by atoms with E-state index in [1.165, 1.54) is 0 Å². The first-order chi connectivity index (χ1) is 8.41. The number of nitrogen functional groups attached to an aromatic ring is 1. The standard InChI is InChI=1S/C11H18N4O2S/c1-8(2)18(16,17)15-6-4-9(7-15)10-3-5-13-11(12)14-10/h3,5,8-9H,4,6-7H2,1-2H3,(H2,12,13,14)/t9-/m0/s1. The van der Waals surface area contributed by atoms with Crippen LogP contribution in [-0.2, 0) is 10.0 Å². The molecule has 1 aromatic rings. The number of hydrogen-bond acceptors (Lipinski definition) is 5. The van der Waals surface area contributed by atoms with Gasteiger partial charge in [-0.25, -0.2) is 22.7 Å². The minimum atomic E-state index is -3.17. The molecule has 0 saturated carbocycles. The first kappa shape index (κ1) is 13.2. The summed E-state index contributed by atoms with van der Waals surface area (Å²) >= 11 is 0. The molecule has 0 bridgehead atoms. The van der Waals surface area contributed by atoms with Gasteiger partial charge in [-0.2, -0.15) is 0 Å². The van der Waals surface area contributed by atoms with E-state index in [-0.39, 0.29) is 17.1 Å². The van der Waals surface area contributed by atoms with Crippen molar-refractivity contribution in [2.75, 3.05) is 18.8 Å². The van der Waals surface area contributed by atoms with Crippen LogP contribution in [0.3, 0.4) is 0 Å². The van der Waals surface area contributed by atoms with Gasteiger partial charge in [0.05, 0.1) is 10.9 Å². The van der Waals surface area contributed by atoms with E-state index >= 15 is 0 Å². The van der Waals surface area contributed by atoms with E-state index in [0.717, 1.165) is 12.1 Å². The molecule has 2 heterocycles. The molecule has 1 aromatic heterocycles. The number of aromatic nitrogens is 2. The lowest BCUT2D eigenvalue weighted by molar-refractivity contribution is 0.465. The number of rotatable bonds is 3. The van der Waals surface area contributed by atoms with E-state index in [2.05, 4.69) is 9.97 Å². The average Bonchev–Trinajstić information content (AvgIpc) is 2.78. The smallest absolute Gasteiger partial charge is 0.220 e. The maximum atomic E-state index is 12.0. The Labute approximate surface area is 107 Å². The maximum absolute atomic E-state index is 12.0. The molecule has 0 unspecified atom stereocenters. The summed E-state index contributed by atoms with van der Waals surface area (Å²) in [4.78, 5) is 8.00. The van der Waals surface area contributed by atoms with Crippen LogP contribution >= 0.6 is 0 Å². The molecule has 0 aromatic carbocycles. The van der Waals surface area contributed by atoms with Crippen molar-refractivity contribution in [2.45, 2.75) is 31.4 Å². The van der Waals surface area contributed by atoms with Crippen LogP contribution in [-0.4, -0.2) is 41.0 Å². The van der Waals surface area contributed by atoms with Crippen molar-refractivity contribution in [3.8, 4) is 0 Å². The molecule has 2 N–H and O–H groups in total. The van der Waals surface area contributed by atoms with Gasteiger partial charge in [0.25, 0.3) is 0 Å². The monoisotopic (exact) mass is 270 g/mol. The van der Waals surface area contributed by atoms with Crippen LogP contribution in [0.15, 0.2) is 12.3 Å². The molecule has 0 aliphatic carbocycles. The number of hydrogen-bond donors (Lipinski definition) is 1. The summed E-state index contributed by atoms with van der Waals surface area (Å²) in [5, 5.41) is -0.383. The summed E-state index contributed by atoms with van der Waals surface area (Å²) < 4.78 is 25.6. The zero-order valence-corrected chi connectivity index (χ0v) is 11.4. The van der Waals surface area contributed by atoms with Gasteiger partial charge in [-0.05, 0) is 26.3 Å². The van der Waals surface area contributed by atoms with E-state index in [1.807, 2.05) is 0 Å². The lowest BCUT2D eigenvalue weighted by Crippen LogP contribution is -2.34. The van der Waals surface area contributed by atoms with Crippen molar-refractivity contribution in [1.82, 2.24) is 14.3 Å². The minimum absolute atomic E-state index is 0.115. The second-order valence-electron chi connectivity index (χ2n) is 4.78. The Bertz CT molecular complexity index is 530. The van der Waals surface area contributed by atoms with Crippen molar-refractivity contribution >= 4 is 16.0 Å². The molecule has 0 amide bonds. The highest BCUT2D eigenvalue weighted by molar-refractivity contribution is 7.89. The largest absolute Gasteiger partial charge is 0.368 e. The summed E-state index contributed by atoms with van der Waals surface area (Å²) in [7, 11) is -3.17. The van der Waals surface area contributed by atoms with Gasteiger partial charge in [0.2, 0.25) is 16.0 Å². The van der Waals surface area contributed by atoms with Gasteiger partial charge in [-0.1, -0.05) is 0 Å². The molecule has 2 rings (SSSR count). The molecule has 1 aliphatic rings. The second-order valence-corrected chi connectivity index (χ2v) is 7.27. The van der Waals surface area contributed by atoms with Gasteiger partial charge >= 0.3 is 0 Å². The van der Waals surface area contributed by atoms with E-state index in [4.69, 9.17) is 5.73 Å². The summed E-state index contributed by atoms with van der Waals surface area (Å²) in [6.45, 7) is 4.43. The molecule has 1 saturated heterocycles. The average molecular weight is 270 g/mol. The molecule has 0 spiro atoms. The Morgan fingerprint density at radius 1 is 1.50 bits per heavy atom. The number of anilines is 1. The van der Waals surface area contributed by atoms with Crippen LogP contribution in [0, 0.1) is 0 Å². The highest BCUT2D eigenvalue weighted by Crippen LogP contribution is 2.28. The van der Waals surface area contributed by atoms with E-state index in [1.54, 1.807) is 30.4 Å². The Morgan fingerprint density at radius 3 is 2.83 bits per heavy atom. The molecule has 1 atom stereocenters. The third kappa shape index (κ3) is 2.46. The van der Waals surface area contributed by atoms with Gasteiger partial charge in [0.15, 0.2) is 0 Å². The zero-order valence-electron chi connectivity index (χ0n) is 10.6. The third-order valence-corrected chi connectivity index (χ3v) is 5.46. The Hall–Kier alpha value is -1.21. The Kier molecular flexibility index (Phi) is 3.54. The van der Waals surface area contributed by atoms with Crippen LogP contribution < -0.4 is 5.73 Å². The van der Waals surface area contributed by atoms with Crippen LogP contribution in [0.25, 0.3) is 0 Å². The van der Waals surface area contributed by atoms with Gasteiger partial charge in [-0.3, -0.25) is 0 Å². The molecular formula is C11H18N4O2S. The first-order valence-electron chi connectivity index (χ1n) is 5.98. The lowest BCUT2D eigenvalue weighted by Gasteiger charge is -2.19. The van der Waals surface area contributed by atoms with Crippen LogP contribution in [0.2, 0.25) is 0 Å². The fraction of sp³-hybridized carbons (Fsp3) is 0.636. The first-order valence-corrected chi connectivity index (χ1v) is 7.49. The van der Waals surface area contributed by atoms with Crippen molar-refractivity contribution in [1.29, 1.82) is 0 Å². The molecule has 18 heavy (non-hydrogen) atoms. The summed E-state index contributed by atoms with van der Waals surface area (Å²) in [5.41, 5.74) is 6.36. The zero-order chi connectivity index (χ0) is 13.3. The molecule has 0 radical (unpaired) electrons. The van der Waals surface area contributed by atoms with Crippen LogP contribution in [0.4, 0.5) is 5.95 Å². The minimum Gasteiger partial charge on any atom is -0.368 e. The molecule has 1 aliphatic heterocycles. The van der Waals surface area contributed by atoms with Gasteiger partial charge < -0.3 is 5.73 Å². The van der Waals surface area contributed by atoms with Gasteiger partial charge in [-0.15, -0.1) is 0 Å². The Balaban J connectivity index is 2.14. The predicted molar refractivity (Wildman–Crippen MR) is 69.4 cm³/mol. The van der Waals surface area contributed by atoms with Crippen LogP contribution in [0.1, 0.15) is 31.9 Å². The fourth-order valence-corrected chi connectivity index (χ4v) is 3.46.